The highest BCUT2D eigenvalue weighted by atomic mass is 79.9. The van der Waals surface area contributed by atoms with E-state index in [1.165, 1.54) is 23.4 Å². The third-order valence-corrected chi connectivity index (χ3v) is 6.11. The summed E-state index contributed by atoms with van der Waals surface area (Å²) in [7, 11) is 1.80. The van der Waals surface area contributed by atoms with Gasteiger partial charge in [0.2, 0.25) is 0 Å². The van der Waals surface area contributed by atoms with Gasteiger partial charge in [-0.3, -0.25) is 5.32 Å². The van der Waals surface area contributed by atoms with E-state index in [2.05, 4.69) is 26.2 Å². The van der Waals surface area contributed by atoms with Crippen LogP contribution < -0.4 is 5.32 Å². The van der Waals surface area contributed by atoms with E-state index < -0.39 is 0 Å². The first-order valence-corrected chi connectivity index (χ1v) is 9.29. The fraction of sp³-hybridized carbons (Fsp3) is 0.429. The number of anilines is 1. The summed E-state index contributed by atoms with van der Waals surface area (Å²) in [4.78, 5) is 20.9. The number of amides is 2. The van der Waals surface area contributed by atoms with Gasteiger partial charge in [0.25, 0.3) is 0 Å². The van der Waals surface area contributed by atoms with Crippen molar-refractivity contribution >= 4 is 49.8 Å². The maximum atomic E-state index is 12.2. The highest BCUT2D eigenvalue weighted by Gasteiger charge is 2.17. The number of aryl methyl sites for hydroxylation is 2. The predicted octanol–water partition coefficient (Wildman–Crippen LogP) is 4.51. The molecule has 1 aliphatic rings. The molecule has 112 valence electrons. The van der Waals surface area contributed by atoms with Crippen LogP contribution in [0, 0.1) is 0 Å². The van der Waals surface area contributed by atoms with Crippen LogP contribution in [0.2, 0.25) is 0 Å². The molecule has 1 N–H and O–H groups in total. The van der Waals surface area contributed by atoms with Gasteiger partial charge in [-0.2, -0.15) is 0 Å². The number of thiophene rings is 1. The third-order valence-electron chi connectivity index (χ3n) is 3.43. The number of carbonyl (C=O) groups excluding carboxylic acids is 1. The highest BCUT2D eigenvalue weighted by Crippen LogP contribution is 2.29. The summed E-state index contributed by atoms with van der Waals surface area (Å²) >= 11 is 6.70. The monoisotopic (exact) mass is 385 g/mol. The van der Waals surface area contributed by atoms with Gasteiger partial charge in [0.1, 0.15) is 0 Å². The molecule has 2 aromatic heterocycles. The predicted molar refractivity (Wildman–Crippen MR) is 91.3 cm³/mol. The molecule has 0 atom stereocenters. The summed E-state index contributed by atoms with van der Waals surface area (Å²) in [5.41, 5.74) is 1.17. The standard InChI is InChI=1S/C14H16BrN3OS2/c1-18(8-9-6-7-12(15)20-9)14(19)17-13-16-10-4-2-3-5-11(10)21-13/h6-7H,2-5,8H2,1H3,(H,16,17,19). The Morgan fingerprint density at radius 3 is 2.90 bits per heavy atom. The molecule has 0 spiro atoms. The summed E-state index contributed by atoms with van der Waals surface area (Å²) in [6, 6.07) is 3.92. The van der Waals surface area contributed by atoms with E-state index in [4.69, 9.17) is 0 Å². The molecule has 0 bridgehead atoms. The smallest absolute Gasteiger partial charge is 0.322 e. The molecule has 1 aliphatic carbocycles. The van der Waals surface area contributed by atoms with Gasteiger partial charge < -0.3 is 4.90 Å². The van der Waals surface area contributed by atoms with Crippen LogP contribution in [0.5, 0.6) is 0 Å². The van der Waals surface area contributed by atoms with Crippen molar-refractivity contribution in [3.63, 3.8) is 0 Å². The summed E-state index contributed by atoms with van der Waals surface area (Å²) in [6.45, 7) is 0.604. The molecule has 0 fully saturated rings. The molecule has 21 heavy (non-hydrogen) atoms. The number of nitrogens with zero attached hydrogens (tertiary/aromatic N) is 2. The molecular formula is C14H16BrN3OS2. The molecule has 3 rings (SSSR count). The zero-order valence-electron chi connectivity index (χ0n) is 11.7. The molecule has 2 aromatic rings. The van der Waals surface area contributed by atoms with E-state index in [-0.39, 0.29) is 6.03 Å². The second-order valence-corrected chi connectivity index (χ2v) is 8.72. The number of urea groups is 1. The van der Waals surface area contributed by atoms with Crippen molar-refractivity contribution in [1.29, 1.82) is 0 Å². The fourth-order valence-corrected chi connectivity index (χ4v) is 4.91. The molecule has 2 heterocycles. The highest BCUT2D eigenvalue weighted by molar-refractivity contribution is 9.11. The van der Waals surface area contributed by atoms with Crippen molar-refractivity contribution in [1.82, 2.24) is 9.88 Å². The van der Waals surface area contributed by atoms with E-state index in [1.807, 2.05) is 12.1 Å². The topological polar surface area (TPSA) is 45.2 Å². The van der Waals surface area contributed by atoms with Crippen LogP contribution in [0.3, 0.4) is 0 Å². The number of nitrogens with one attached hydrogen (secondary N) is 1. The lowest BCUT2D eigenvalue weighted by molar-refractivity contribution is 0.221. The average Bonchev–Trinajstić information content (AvgIpc) is 3.04. The van der Waals surface area contributed by atoms with Crippen molar-refractivity contribution in [2.24, 2.45) is 0 Å². The van der Waals surface area contributed by atoms with Gasteiger partial charge in [-0.25, -0.2) is 9.78 Å². The van der Waals surface area contributed by atoms with Crippen molar-refractivity contribution in [2.45, 2.75) is 32.2 Å². The maximum Gasteiger partial charge on any atom is 0.323 e. The Morgan fingerprint density at radius 1 is 1.38 bits per heavy atom. The van der Waals surface area contributed by atoms with Gasteiger partial charge in [0.05, 0.1) is 16.0 Å². The average molecular weight is 386 g/mol. The Morgan fingerprint density at radius 2 is 2.19 bits per heavy atom. The molecule has 0 radical (unpaired) electrons. The molecule has 0 saturated carbocycles. The van der Waals surface area contributed by atoms with Crippen molar-refractivity contribution < 1.29 is 4.79 Å². The Bertz CT molecular complexity index is 629. The number of halogens is 1. The van der Waals surface area contributed by atoms with Gasteiger partial charge >= 0.3 is 6.03 Å². The van der Waals surface area contributed by atoms with Crippen LogP contribution in [-0.4, -0.2) is 23.0 Å². The minimum atomic E-state index is -0.106. The van der Waals surface area contributed by atoms with E-state index in [9.17, 15) is 4.79 Å². The van der Waals surface area contributed by atoms with Crippen LogP contribution in [0.1, 0.15) is 28.3 Å². The SMILES string of the molecule is CN(Cc1ccc(Br)s1)C(=O)Nc1nc2c(s1)CCCC2. The van der Waals surface area contributed by atoms with Crippen molar-refractivity contribution in [3.8, 4) is 0 Å². The van der Waals surface area contributed by atoms with Gasteiger partial charge in [-0.05, 0) is 53.7 Å². The van der Waals surface area contributed by atoms with E-state index in [0.717, 1.165) is 26.6 Å². The molecule has 4 nitrogen and oxygen atoms in total. The van der Waals surface area contributed by atoms with Gasteiger partial charge in [-0.15, -0.1) is 22.7 Å². The van der Waals surface area contributed by atoms with Gasteiger partial charge in [0.15, 0.2) is 5.13 Å². The Hall–Kier alpha value is -0.920. The molecule has 2 amide bonds. The van der Waals surface area contributed by atoms with Gasteiger partial charge in [0, 0.05) is 16.8 Å². The number of hydrogen-bond acceptors (Lipinski definition) is 4. The minimum absolute atomic E-state index is 0.106. The van der Waals surface area contributed by atoms with Crippen LogP contribution in [-0.2, 0) is 19.4 Å². The first kappa shape index (κ1) is 15.0. The molecule has 0 unspecified atom stereocenters. The second kappa shape index (κ2) is 6.46. The normalized spacial score (nSPS) is 13.8. The Labute approximate surface area is 140 Å². The fourth-order valence-electron chi connectivity index (χ4n) is 2.33. The molecule has 7 heteroatoms. The number of hydrogen-bond donors (Lipinski definition) is 1. The number of fused-ring (bicyclic) bond motifs is 1. The zero-order valence-corrected chi connectivity index (χ0v) is 14.9. The van der Waals surface area contributed by atoms with E-state index in [1.54, 1.807) is 34.6 Å². The molecular weight excluding hydrogens is 370 g/mol. The lowest BCUT2D eigenvalue weighted by atomic mass is 10.0. The summed E-state index contributed by atoms with van der Waals surface area (Å²) in [5, 5.41) is 3.64. The van der Waals surface area contributed by atoms with Crippen LogP contribution in [0.15, 0.2) is 15.9 Å². The third kappa shape index (κ3) is 3.64. The number of aromatic nitrogens is 1. The minimum Gasteiger partial charge on any atom is -0.322 e. The largest absolute Gasteiger partial charge is 0.323 e. The first-order chi connectivity index (χ1) is 10.1. The lowest BCUT2D eigenvalue weighted by Gasteiger charge is -2.15. The first-order valence-electron chi connectivity index (χ1n) is 6.87. The molecule has 0 saturated heterocycles. The van der Waals surface area contributed by atoms with E-state index in [0.29, 0.717) is 6.54 Å². The summed E-state index contributed by atoms with van der Waals surface area (Å²) < 4.78 is 1.08. The summed E-state index contributed by atoms with van der Waals surface area (Å²) in [5.74, 6) is 0. The maximum absolute atomic E-state index is 12.2. The quantitative estimate of drug-likeness (QED) is 0.844. The second-order valence-electron chi connectivity index (χ2n) is 5.09. The molecule has 0 aromatic carbocycles. The van der Waals surface area contributed by atoms with Crippen LogP contribution >= 0.6 is 38.6 Å². The van der Waals surface area contributed by atoms with E-state index >= 15 is 0 Å². The lowest BCUT2D eigenvalue weighted by Crippen LogP contribution is -2.30. The van der Waals surface area contributed by atoms with Crippen LogP contribution in [0.4, 0.5) is 9.93 Å². The van der Waals surface area contributed by atoms with Gasteiger partial charge in [-0.1, -0.05) is 0 Å². The summed E-state index contributed by atoms with van der Waals surface area (Å²) in [6.07, 6.45) is 4.58. The molecule has 0 aliphatic heterocycles. The van der Waals surface area contributed by atoms with Crippen molar-refractivity contribution in [2.75, 3.05) is 12.4 Å². The van der Waals surface area contributed by atoms with Crippen molar-refractivity contribution in [3.05, 3.63) is 31.4 Å². The number of rotatable bonds is 3. The Balaban J connectivity index is 1.61. The number of thiazole rings is 1. The Kier molecular flexibility index (Phi) is 4.61. The zero-order chi connectivity index (χ0) is 14.8. The van der Waals surface area contributed by atoms with Crippen LogP contribution in [0.25, 0.3) is 0 Å². The number of carbonyl (C=O) groups is 1.